The number of nitrogens with one attached hydrogen (secondary N) is 2. The number of esters is 2. The summed E-state index contributed by atoms with van der Waals surface area (Å²) in [4.78, 5) is 40.0. The molecular formula is C50H58N4O9S. The zero-order chi connectivity index (χ0) is 47.4. The maximum absolute atomic E-state index is 13.4. The third-order valence-corrected chi connectivity index (χ3v) is 11.9. The van der Waals surface area contributed by atoms with Gasteiger partial charge in [-0.2, -0.15) is 0 Å². The topological polar surface area (TPSA) is 153 Å². The molecule has 5 aromatic carbocycles. The number of terminal acetylenes is 2. The number of aryl methyl sites for hydroxylation is 2. The number of hydrogen-bond donors (Lipinski definition) is 2. The molecule has 0 radical (unpaired) electrons. The lowest BCUT2D eigenvalue weighted by Gasteiger charge is -2.30. The number of anilines is 4. The number of ether oxygens (including phenoxy) is 4. The highest BCUT2D eigenvalue weighted by Gasteiger charge is 2.25. The van der Waals surface area contributed by atoms with E-state index in [4.69, 9.17) is 31.8 Å². The van der Waals surface area contributed by atoms with Crippen molar-refractivity contribution in [3.63, 3.8) is 0 Å². The SMILES string of the molecule is C#CCN(c1ccc(NC(=O)OC(C)(C)C)c2ccccc12)[C@@H](C)CC(=O)OC.C#CCN(c1ccc(NS(=O)(=O)c2c(C)cc(OC)cc2C)c2ccccc12)[C@@H](C)CC(=O)OC. The Labute approximate surface area is 377 Å². The second-order valence-electron chi connectivity index (χ2n) is 16.1. The van der Waals surface area contributed by atoms with E-state index in [1.54, 1.807) is 39.2 Å². The predicted octanol–water partition coefficient (Wildman–Crippen LogP) is 9.24. The van der Waals surface area contributed by atoms with Gasteiger partial charge in [-0.25, -0.2) is 13.2 Å². The monoisotopic (exact) mass is 890 g/mol. The number of nitrogens with zero attached hydrogens (tertiary/aromatic N) is 2. The fraction of sp³-hybridized carbons (Fsp3) is 0.340. The molecule has 2 N–H and O–H groups in total. The molecule has 0 aliphatic carbocycles. The molecule has 338 valence electrons. The first-order valence-corrected chi connectivity index (χ1v) is 22.0. The van der Waals surface area contributed by atoms with Crippen LogP contribution in [-0.4, -0.2) is 78.6 Å². The molecule has 0 aromatic heterocycles. The Hall–Kier alpha value is -6.90. The highest BCUT2D eigenvalue weighted by atomic mass is 32.2. The van der Waals surface area contributed by atoms with Crippen LogP contribution in [0, 0.1) is 38.5 Å². The number of carbonyl (C=O) groups excluding carboxylic acids is 3. The zero-order valence-corrected chi connectivity index (χ0v) is 39.0. The molecule has 0 saturated heterocycles. The van der Waals surface area contributed by atoms with Gasteiger partial charge in [0.1, 0.15) is 11.4 Å². The molecule has 0 spiro atoms. The van der Waals surface area contributed by atoms with E-state index in [-0.39, 0.29) is 48.3 Å². The van der Waals surface area contributed by atoms with Crippen LogP contribution in [0.4, 0.5) is 27.5 Å². The maximum atomic E-state index is 13.4. The van der Waals surface area contributed by atoms with Gasteiger partial charge in [0.05, 0.1) is 63.5 Å². The number of benzene rings is 5. The predicted molar refractivity (Wildman–Crippen MR) is 256 cm³/mol. The van der Waals surface area contributed by atoms with Crippen LogP contribution in [0.15, 0.2) is 89.8 Å². The Kier molecular flexibility index (Phi) is 17.1. The number of methoxy groups -OCH3 is 3. The molecule has 14 heteroatoms. The van der Waals surface area contributed by atoms with Crippen LogP contribution < -0.4 is 24.6 Å². The normalized spacial score (nSPS) is 12.0. The fourth-order valence-corrected chi connectivity index (χ4v) is 8.89. The van der Waals surface area contributed by atoms with E-state index >= 15 is 0 Å². The van der Waals surface area contributed by atoms with Crippen molar-refractivity contribution in [1.82, 2.24) is 0 Å². The molecule has 1 amide bonds. The molecule has 13 nitrogen and oxygen atoms in total. The van der Waals surface area contributed by atoms with Crippen molar-refractivity contribution in [1.29, 1.82) is 0 Å². The number of sulfonamides is 1. The molecule has 0 aliphatic heterocycles. The molecule has 64 heavy (non-hydrogen) atoms. The molecule has 0 saturated carbocycles. The summed E-state index contributed by atoms with van der Waals surface area (Å²) >= 11 is 0. The quantitative estimate of drug-likeness (QED) is 0.0588. The standard InChI is InChI=1S/C27H30N2O5S.C23H28N2O4/c1-7-14-29(20(4)17-26(30)34-6)25-13-12-24(22-10-8-9-11-23(22)25)28-35(31,32)27-18(2)15-21(33-5)16-19(27)3;1-7-14-25(16(2)15-21(26)28-6)20-13-12-19(17-10-8-9-11-18(17)20)24-22(27)29-23(3,4)5/h1,8-13,15-16,20,28H,14,17H2,2-6H3;1,8-13,16H,14-15H2,2-6H3,(H,24,27)/t20-;16-/m00/s1. The summed E-state index contributed by atoms with van der Waals surface area (Å²) in [6.45, 7) is 13.4. The Bertz CT molecular complexity index is 2660. The van der Waals surface area contributed by atoms with Crippen molar-refractivity contribution in [3.05, 3.63) is 96.1 Å². The minimum absolute atomic E-state index is 0.161. The summed E-state index contributed by atoms with van der Waals surface area (Å²) in [5, 5.41) is 6.10. The molecule has 0 bridgehead atoms. The Balaban J connectivity index is 0.000000286. The largest absolute Gasteiger partial charge is 0.497 e. The van der Waals surface area contributed by atoms with E-state index < -0.39 is 21.7 Å². The van der Waals surface area contributed by atoms with Gasteiger partial charge in [-0.15, -0.1) is 12.8 Å². The first-order chi connectivity index (χ1) is 30.3. The minimum atomic E-state index is -3.88. The van der Waals surface area contributed by atoms with Crippen molar-refractivity contribution in [3.8, 4) is 30.4 Å². The summed E-state index contributed by atoms with van der Waals surface area (Å²) in [5.74, 6) is 5.28. The second-order valence-corrected chi connectivity index (χ2v) is 17.7. The third-order valence-electron chi connectivity index (χ3n) is 10.2. The first kappa shape index (κ1) is 49.8. The zero-order valence-electron chi connectivity index (χ0n) is 38.2. The van der Waals surface area contributed by atoms with Crippen LogP contribution in [0.1, 0.15) is 58.6 Å². The van der Waals surface area contributed by atoms with Gasteiger partial charge < -0.3 is 28.7 Å². The lowest BCUT2D eigenvalue weighted by molar-refractivity contribution is -0.141. The molecule has 0 fully saturated rings. The molecule has 0 heterocycles. The van der Waals surface area contributed by atoms with Crippen LogP contribution in [0.2, 0.25) is 0 Å². The van der Waals surface area contributed by atoms with Crippen molar-refractivity contribution in [2.75, 3.05) is 54.3 Å². The average Bonchev–Trinajstić information content (AvgIpc) is 3.24. The van der Waals surface area contributed by atoms with Crippen LogP contribution in [-0.2, 0) is 33.8 Å². The van der Waals surface area contributed by atoms with Gasteiger partial charge in [-0.1, -0.05) is 60.4 Å². The summed E-state index contributed by atoms with van der Waals surface area (Å²) in [7, 11) is 0.381. The van der Waals surface area contributed by atoms with Gasteiger partial charge in [0.15, 0.2) is 0 Å². The van der Waals surface area contributed by atoms with E-state index in [0.717, 1.165) is 27.5 Å². The van der Waals surface area contributed by atoms with E-state index in [0.29, 0.717) is 40.2 Å². The van der Waals surface area contributed by atoms with Crippen LogP contribution in [0.25, 0.3) is 21.5 Å². The fourth-order valence-electron chi connectivity index (χ4n) is 7.35. The van der Waals surface area contributed by atoms with Gasteiger partial charge in [0.25, 0.3) is 10.0 Å². The highest BCUT2D eigenvalue weighted by molar-refractivity contribution is 7.92. The van der Waals surface area contributed by atoms with E-state index in [1.807, 2.05) is 111 Å². The summed E-state index contributed by atoms with van der Waals surface area (Å²) in [6, 6.07) is 25.4. The number of carbonyl (C=O) groups is 3. The minimum Gasteiger partial charge on any atom is -0.497 e. The van der Waals surface area contributed by atoms with Crippen molar-refractivity contribution in [2.45, 2.75) is 83.9 Å². The van der Waals surface area contributed by atoms with Crippen LogP contribution in [0.5, 0.6) is 5.75 Å². The van der Waals surface area contributed by atoms with Crippen LogP contribution in [0.3, 0.4) is 0 Å². The van der Waals surface area contributed by atoms with Crippen molar-refractivity contribution < 1.29 is 41.7 Å². The van der Waals surface area contributed by atoms with Gasteiger partial charge in [-0.05, 0) is 96.0 Å². The molecule has 5 rings (SSSR count). The molecule has 5 aromatic rings. The number of fused-ring (bicyclic) bond motifs is 2. The van der Waals surface area contributed by atoms with Crippen molar-refractivity contribution >= 4 is 72.3 Å². The van der Waals surface area contributed by atoms with Gasteiger partial charge >= 0.3 is 18.0 Å². The second kappa shape index (κ2) is 21.9. The Morgan fingerprint density at radius 3 is 1.52 bits per heavy atom. The summed E-state index contributed by atoms with van der Waals surface area (Å²) < 4.78 is 49.9. The van der Waals surface area contributed by atoms with Crippen LogP contribution >= 0.6 is 0 Å². The van der Waals surface area contributed by atoms with Gasteiger partial charge in [0.2, 0.25) is 0 Å². The highest BCUT2D eigenvalue weighted by Crippen LogP contribution is 2.37. The number of amides is 1. The number of rotatable bonds is 15. The Morgan fingerprint density at radius 2 is 1.11 bits per heavy atom. The lowest BCUT2D eigenvalue weighted by atomic mass is 10.0. The lowest BCUT2D eigenvalue weighted by Crippen LogP contribution is -2.35. The molecule has 0 aliphatic rings. The molecule has 2 atom stereocenters. The Morgan fingerprint density at radius 1 is 0.688 bits per heavy atom. The van der Waals surface area contributed by atoms with Gasteiger partial charge in [-0.3, -0.25) is 19.6 Å². The maximum Gasteiger partial charge on any atom is 0.412 e. The first-order valence-electron chi connectivity index (χ1n) is 20.5. The third kappa shape index (κ3) is 12.6. The smallest absolute Gasteiger partial charge is 0.412 e. The molecule has 0 unspecified atom stereocenters. The summed E-state index contributed by atoms with van der Waals surface area (Å²) in [5.41, 5.74) is 3.35. The summed E-state index contributed by atoms with van der Waals surface area (Å²) in [6.07, 6.45) is 11.1. The average molecular weight is 891 g/mol. The van der Waals surface area contributed by atoms with Gasteiger partial charge in [0, 0.05) is 45.0 Å². The van der Waals surface area contributed by atoms with E-state index in [9.17, 15) is 22.8 Å². The van der Waals surface area contributed by atoms with E-state index in [1.165, 1.54) is 14.2 Å². The van der Waals surface area contributed by atoms with E-state index in [2.05, 4.69) is 21.9 Å². The van der Waals surface area contributed by atoms with Crippen molar-refractivity contribution in [2.24, 2.45) is 0 Å². The molecular weight excluding hydrogens is 833 g/mol. The number of hydrogen-bond acceptors (Lipinski definition) is 11.